The van der Waals surface area contributed by atoms with Crippen LogP contribution < -0.4 is 4.90 Å². The molecule has 1 saturated heterocycles. The van der Waals surface area contributed by atoms with Gasteiger partial charge in [-0.15, -0.1) is 12.3 Å². The molecule has 0 bridgehead atoms. The number of nitrogens with zero attached hydrogens (tertiary/aromatic N) is 2. The van der Waals surface area contributed by atoms with Gasteiger partial charge in [0.05, 0.1) is 0 Å². The second kappa shape index (κ2) is 4.15. The maximum atomic E-state index is 5.23. The summed E-state index contributed by atoms with van der Waals surface area (Å²) in [7, 11) is 0. The Hall–Kier alpha value is -1.49. The molecule has 2 nitrogen and oxygen atoms in total. The Bertz CT molecular complexity index is 328. The molecule has 0 saturated carbocycles. The minimum Gasteiger partial charge on any atom is -0.357 e. The highest BCUT2D eigenvalue weighted by Gasteiger charge is 2.12. The van der Waals surface area contributed by atoms with Gasteiger partial charge >= 0.3 is 0 Å². The van der Waals surface area contributed by atoms with E-state index in [0.717, 1.165) is 24.5 Å². The fourth-order valence-electron chi connectivity index (χ4n) is 1.77. The molecule has 1 aromatic rings. The van der Waals surface area contributed by atoms with Gasteiger partial charge in [-0.1, -0.05) is 6.07 Å². The first-order valence-corrected chi connectivity index (χ1v) is 5.03. The van der Waals surface area contributed by atoms with E-state index in [2.05, 4.69) is 27.9 Å². The number of hydrogen-bond acceptors (Lipinski definition) is 2. The van der Waals surface area contributed by atoms with Crippen LogP contribution in [0.2, 0.25) is 0 Å². The molecule has 0 atom stereocenters. The van der Waals surface area contributed by atoms with Crippen molar-refractivity contribution in [3.63, 3.8) is 0 Å². The van der Waals surface area contributed by atoms with Crippen molar-refractivity contribution >= 4 is 5.82 Å². The third-order valence-corrected chi connectivity index (χ3v) is 2.55. The largest absolute Gasteiger partial charge is 0.357 e. The van der Waals surface area contributed by atoms with Crippen LogP contribution in [0.5, 0.6) is 0 Å². The van der Waals surface area contributed by atoms with E-state index < -0.39 is 0 Å². The minimum atomic E-state index is 0.674. The summed E-state index contributed by atoms with van der Waals surface area (Å²) in [6.45, 7) is 2.28. The molecule has 1 aliphatic rings. The van der Waals surface area contributed by atoms with Crippen molar-refractivity contribution in [1.29, 1.82) is 0 Å². The van der Waals surface area contributed by atoms with Crippen molar-refractivity contribution in [2.24, 2.45) is 0 Å². The molecule has 1 aliphatic heterocycles. The molecule has 0 N–H and O–H groups in total. The number of rotatable bonds is 2. The first-order valence-electron chi connectivity index (χ1n) is 5.03. The monoisotopic (exact) mass is 186 g/mol. The van der Waals surface area contributed by atoms with Crippen LogP contribution in [0.25, 0.3) is 0 Å². The molecule has 1 aromatic heterocycles. The third kappa shape index (κ3) is 1.88. The van der Waals surface area contributed by atoms with Gasteiger partial charge in [-0.05, 0) is 24.5 Å². The van der Waals surface area contributed by atoms with Gasteiger partial charge < -0.3 is 4.90 Å². The summed E-state index contributed by atoms with van der Waals surface area (Å²) in [5.74, 6) is 3.71. The average molecular weight is 186 g/mol. The molecule has 0 unspecified atom stereocenters. The maximum absolute atomic E-state index is 5.23. The molecule has 0 radical (unpaired) electrons. The standard InChI is InChI=1S/C12H14N2/c1-2-5-11-6-7-12(13-10-11)14-8-3-4-9-14/h1,6-7,10H,3-5,8-9H2. The normalized spacial score (nSPS) is 15.5. The lowest BCUT2D eigenvalue weighted by molar-refractivity contribution is 0.934. The van der Waals surface area contributed by atoms with E-state index in [9.17, 15) is 0 Å². The van der Waals surface area contributed by atoms with Gasteiger partial charge in [-0.3, -0.25) is 0 Å². The Balaban J connectivity index is 2.09. The molecule has 1 fully saturated rings. The van der Waals surface area contributed by atoms with Crippen LogP contribution in [0.3, 0.4) is 0 Å². The Kier molecular flexibility index (Phi) is 2.69. The highest BCUT2D eigenvalue weighted by Crippen LogP contribution is 2.17. The van der Waals surface area contributed by atoms with Crippen LogP contribution in [0.1, 0.15) is 18.4 Å². The number of aromatic nitrogens is 1. The van der Waals surface area contributed by atoms with Crippen molar-refractivity contribution in [3.8, 4) is 12.3 Å². The summed E-state index contributed by atoms with van der Waals surface area (Å²) < 4.78 is 0. The highest BCUT2D eigenvalue weighted by atomic mass is 15.2. The van der Waals surface area contributed by atoms with Crippen LogP contribution >= 0.6 is 0 Å². The molecule has 0 amide bonds. The zero-order valence-corrected chi connectivity index (χ0v) is 8.24. The summed E-state index contributed by atoms with van der Waals surface area (Å²) in [6, 6.07) is 4.14. The molecule has 0 aromatic carbocycles. The molecular weight excluding hydrogens is 172 g/mol. The number of pyridine rings is 1. The zero-order valence-electron chi connectivity index (χ0n) is 8.24. The lowest BCUT2D eigenvalue weighted by Crippen LogP contribution is -2.18. The SMILES string of the molecule is C#CCc1ccc(N2CCCC2)nc1. The van der Waals surface area contributed by atoms with Gasteiger partial charge in [-0.2, -0.15) is 0 Å². The smallest absolute Gasteiger partial charge is 0.128 e. The first-order chi connectivity index (χ1) is 6.90. The number of terminal acetylenes is 1. The van der Waals surface area contributed by atoms with E-state index in [1.807, 2.05) is 6.20 Å². The van der Waals surface area contributed by atoms with Crippen molar-refractivity contribution in [1.82, 2.24) is 4.98 Å². The molecule has 72 valence electrons. The molecule has 14 heavy (non-hydrogen) atoms. The second-order valence-corrected chi connectivity index (χ2v) is 3.60. The summed E-state index contributed by atoms with van der Waals surface area (Å²) in [4.78, 5) is 6.73. The molecular formula is C12H14N2. The Morgan fingerprint density at radius 3 is 2.71 bits per heavy atom. The Morgan fingerprint density at radius 1 is 1.36 bits per heavy atom. The van der Waals surface area contributed by atoms with Gasteiger partial charge in [0.2, 0.25) is 0 Å². The average Bonchev–Trinajstić information content (AvgIpc) is 2.72. The van der Waals surface area contributed by atoms with Crippen molar-refractivity contribution in [2.45, 2.75) is 19.3 Å². The lowest BCUT2D eigenvalue weighted by Gasteiger charge is -2.15. The Morgan fingerprint density at radius 2 is 2.14 bits per heavy atom. The maximum Gasteiger partial charge on any atom is 0.128 e. The van der Waals surface area contributed by atoms with Gasteiger partial charge in [0.15, 0.2) is 0 Å². The fourth-order valence-corrected chi connectivity index (χ4v) is 1.77. The Labute approximate surface area is 85.0 Å². The van der Waals surface area contributed by atoms with E-state index in [0.29, 0.717) is 6.42 Å². The summed E-state index contributed by atoms with van der Waals surface area (Å²) >= 11 is 0. The van der Waals surface area contributed by atoms with Crippen LogP contribution in [0.4, 0.5) is 5.82 Å². The predicted molar refractivity (Wildman–Crippen MR) is 58.2 cm³/mol. The van der Waals surface area contributed by atoms with Gasteiger partial charge in [-0.25, -0.2) is 4.98 Å². The molecule has 0 aliphatic carbocycles. The fraction of sp³-hybridized carbons (Fsp3) is 0.417. The van der Waals surface area contributed by atoms with Gasteiger partial charge in [0.1, 0.15) is 5.82 Å². The van der Waals surface area contributed by atoms with E-state index in [-0.39, 0.29) is 0 Å². The van der Waals surface area contributed by atoms with E-state index in [4.69, 9.17) is 6.42 Å². The second-order valence-electron chi connectivity index (χ2n) is 3.60. The van der Waals surface area contributed by atoms with Gasteiger partial charge in [0.25, 0.3) is 0 Å². The zero-order chi connectivity index (χ0) is 9.80. The number of hydrogen-bond donors (Lipinski definition) is 0. The van der Waals surface area contributed by atoms with E-state index in [1.165, 1.54) is 12.8 Å². The van der Waals surface area contributed by atoms with Crippen LogP contribution in [0.15, 0.2) is 18.3 Å². The molecule has 0 spiro atoms. The van der Waals surface area contributed by atoms with Crippen molar-refractivity contribution in [2.75, 3.05) is 18.0 Å². The first kappa shape index (κ1) is 9.08. The minimum absolute atomic E-state index is 0.674. The van der Waals surface area contributed by atoms with Crippen molar-refractivity contribution in [3.05, 3.63) is 23.9 Å². The molecule has 2 heteroatoms. The van der Waals surface area contributed by atoms with Crippen LogP contribution in [0, 0.1) is 12.3 Å². The number of anilines is 1. The molecule has 2 heterocycles. The summed E-state index contributed by atoms with van der Waals surface area (Å²) in [6.07, 6.45) is 10.4. The van der Waals surface area contributed by atoms with E-state index >= 15 is 0 Å². The lowest BCUT2D eigenvalue weighted by atomic mass is 10.2. The highest BCUT2D eigenvalue weighted by molar-refractivity contribution is 5.40. The summed E-state index contributed by atoms with van der Waals surface area (Å²) in [5.41, 5.74) is 1.12. The van der Waals surface area contributed by atoms with Crippen molar-refractivity contribution < 1.29 is 0 Å². The van der Waals surface area contributed by atoms with Crippen LogP contribution in [-0.4, -0.2) is 18.1 Å². The van der Waals surface area contributed by atoms with Crippen LogP contribution in [-0.2, 0) is 6.42 Å². The predicted octanol–water partition coefficient (Wildman–Crippen LogP) is 1.86. The van der Waals surface area contributed by atoms with Gasteiger partial charge in [0, 0.05) is 25.7 Å². The third-order valence-electron chi connectivity index (χ3n) is 2.55. The quantitative estimate of drug-likeness (QED) is 0.655. The summed E-state index contributed by atoms with van der Waals surface area (Å²) in [5, 5.41) is 0. The van der Waals surface area contributed by atoms with E-state index in [1.54, 1.807) is 0 Å². The topological polar surface area (TPSA) is 16.1 Å². The molecule has 2 rings (SSSR count).